The lowest BCUT2D eigenvalue weighted by molar-refractivity contribution is -0.906. The average molecular weight is 407 g/mol. The number of quaternary nitrogens is 1. The molecule has 2 aromatic rings. The van der Waals surface area contributed by atoms with Gasteiger partial charge in [0.2, 0.25) is 5.91 Å². The van der Waals surface area contributed by atoms with Crippen LogP contribution in [0.2, 0.25) is 0 Å². The summed E-state index contributed by atoms with van der Waals surface area (Å²) in [7, 11) is 0. The van der Waals surface area contributed by atoms with Crippen LogP contribution in [-0.2, 0) is 16.0 Å². The van der Waals surface area contributed by atoms with E-state index < -0.39 is 0 Å². The summed E-state index contributed by atoms with van der Waals surface area (Å²) in [6.45, 7) is 5.41. The van der Waals surface area contributed by atoms with Crippen LogP contribution >= 0.6 is 23.6 Å². The second-order valence-electron chi connectivity index (χ2n) is 6.21. The van der Waals surface area contributed by atoms with Crippen LogP contribution in [0.3, 0.4) is 0 Å². The molecule has 0 aliphatic carbocycles. The number of carbonyl (C=O) groups is 1. The Morgan fingerprint density at radius 2 is 2.00 bits per heavy atom. The molecule has 0 saturated carbocycles. The number of thiocarbonyl (C=S) groups is 1. The smallest absolute Gasteiger partial charge is 0.245 e. The Morgan fingerprint density at radius 1 is 1.22 bits per heavy atom. The molecule has 1 saturated heterocycles. The van der Waals surface area contributed by atoms with E-state index in [4.69, 9.17) is 17.0 Å². The molecule has 9 heteroatoms. The number of rotatable bonds is 6. The number of hydrazine groups is 1. The molecule has 1 aromatic carbocycles. The maximum Gasteiger partial charge on any atom is 0.245 e. The Morgan fingerprint density at radius 3 is 2.78 bits per heavy atom. The van der Waals surface area contributed by atoms with Crippen molar-refractivity contribution in [1.82, 2.24) is 21.2 Å². The second kappa shape index (κ2) is 10.3. The lowest BCUT2D eigenvalue weighted by Gasteiger charge is -2.24. The molecular weight excluding hydrogens is 382 g/mol. The molecule has 1 fully saturated rings. The van der Waals surface area contributed by atoms with Gasteiger partial charge in [0.05, 0.1) is 38.4 Å². The summed E-state index contributed by atoms with van der Waals surface area (Å²) in [4.78, 5) is 18.1. The van der Waals surface area contributed by atoms with E-state index in [0.717, 1.165) is 55.7 Å². The van der Waals surface area contributed by atoms with Crippen molar-refractivity contribution < 1.29 is 14.4 Å². The molecule has 0 bridgehead atoms. The van der Waals surface area contributed by atoms with Crippen LogP contribution in [0.4, 0.5) is 0 Å². The van der Waals surface area contributed by atoms with Crippen LogP contribution in [-0.4, -0.2) is 55.4 Å². The number of hydrogen-bond donors (Lipinski definition) is 4. The van der Waals surface area contributed by atoms with Gasteiger partial charge in [-0.1, -0.05) is 30.3 Å². The van der Waals surface area contributed by atoms with Gasteiger partial charge in [-0.25, -0.2) is 4.98 Å². The molecule has 1 aliphatic heterocycles. The third-order valence-electron chi connectivity index (χ3n) is 4.21. The first-order chi connectivity index (χ1) is 13.2. The van der Waals surface area contributed by atoms with Crippen molar-refractivity contribution in [1.29, 1.82) is 0 Å². The molecule has 0 spiro atoms. The van der Waals surface area contributed by atoms with Gasteiger partial charge in [-0.3, -0.25) is 15.6 Å². The minimum absolute atomic E-state index is 0.174. The van der Waals surface area contributed by atoms with Crippen molar-refractivity contribution >= 4 is 34.6 Å². The van der Waals surface area contributed by atoms with Crippen LogP contribution < -0.4 is 21.1 Å². The Balaban J connectivity index is 1.34. The monoisotopic (exact) mass is 406 g/mol. The largest absolute Gasteiger partial charge is 0.370 e. The van der Waals surface area contributed by atoms with E-state index in [0.29, 0.717) is 5.11 Å². The Bertz CT molecular complexity index is 747. The average Bonchev–Trinajstić information content (AvgIpc) is 3.16. The summed E-state index contributed by atoms with van der Waals surface area (Å²) in [6, 6.07) is 9.92. The Kier molecular flexibility index (Phi) is 7.52. The van der Waals surface area contributed by atoms with Crippen molar-refractivity contribution in [2.75, 3.05) is 39.4 Å². The molecule has 3 rings (SSSR count). The molecule has 27 heavy (non-hydrogen) atoms. The van der Waals surface area contributed by atoms with Crippen LogP contribution in [0.25, 0.3) is 11.3 Å². The highest BCUT2D eigenvalue weighted by molar-refractivity contribution is 7.80. The quantitative estimate of drug-likeness (QED) is 0.392. The molecule has 1 amide bonds. The van der Waals surface area contributed by atoms with Gasteiger partial charge in [0.1, 0.15) is 18.1 Å². The van der Waals surface area contributed by atoms with Gasteiger partial charge in [0.15, 0.2) is 5.11 Å². The number of nitrogens with one attached hydrogen (secondary N) is 4. The van der Waals surface area contributed by atoms with Gasteiger partial charge in [-0.2, -0.15) is 0 Å². The van der Waals surface area contributed by atoms with Crippen molar-refractivity contribution in [2.45, 2.75) is 6.42 Å². The Labute approximate surface area is 168 Å². The minimum Gasteiger partial charge on any atom is -0.370 e. The summed E-state index contributed by atoms with van der Waals surface area (Å²) in [5.41, 5.74) is 7.29. The van der Waals surface area contributed by atoms with E-state index in [9.17, 15) is 4.79 Å². The van der Waals surface area contributed by atoms with Crippen LogP contribution in [0.1, 0.15) is 5.01 Å². The molecule has 1 aromatic heterocycles. The summed E-state index contributed by atoms with van der Waals surface area (Å²) < 4.78 is 5.34. The molecule has 0 atom stereocenters. The first-order valence-electron chi connectivity index (χ1n) is 8.94. The van der Waals surface area contributed by atoms with E-state index in [1.54, 1.807) is 0 Å². The first kappa shape index (κ1) is 19.7. The van der Waals surface area contributed by atoms with Gasteiger partial charge in [-0.15, -0.1) is 11.3 Å². The van der Waals surface area contributed by atoms with Gasteiger partial charge in [0, 0.05) is 10.9 Å². The van der Waals surface area contributed by atoms with Gasteiger partial charge in [0.25, 0.3) is 0 Å². The number of amides is 1. The van der Waals surface area contributed by atoms with Gasteiger partial charge in [-0.05, 0) is 12.2 Å². The third-order valence-corrected chi connectivity index (χ3v) is 5.31. The molecule has 0 radical (unpaired) electrons. The van der Waals surface area contributed by atoms with E-state index in [2.05, 4.69) is 21.2 Å². The zero-order valence-electron chi connectivity index (χ0n) is 15.0. The zero-order valence-corrected chi connectivity index (χ0v) is 16.6. The molecule has 4 N–H and O–H groups in total. The van der Waals surface area contributed by atoms with Crippen molar-refractivity contribution in [3.63, 3.8) is 0 Å². The summed E-state index contributed by atoms with van der Waals surface area (Å²) in [5.74, 6) is -0.174. The van der Waals surface area contributed by atoms with E-state index in [1.165, 1.54) is 16.2 Å². The fraction of sp³-hybridized carbons (Fsp3) is 0.389. The number of ether oxygens (including phenoxy) is 1. The molecule has 2 heterocycles. The van der Waals surface area contributed by atoms with Gasteiger partial charge < -0.3 is 15.0 Å². The number of hydrogen-bond acceptors (Lipinski definition) is 5. The lowest BCUT2D eigenvalue weighted by Crippen LogP contribution is -3.14. The SMILES string of the molecule is O=C(Cc1nc(-c2ccccc2)cs1)NNC(=S)NCC[NH+]1CCOCC1. The molecule has 144 valence electrons. The molecule has 1 aliphatic rings. The normalized spacial score (nSPS) is 14.5. The Hall–Kier alpha value is -2.07. The summed E-state index contributed by atoms with van der Waals surface area (Å²) >= 11 is 6.66. The highest BCUT2D eigenvalue weighted by atomic mass is 32.1. The highest BCUT2D eigenvalue weighted by Gasteiger charge is 2.13. The molecular formula is C18H24N5O2S2+. The maximum absolute atomic E-state index is 12.1. The fourth-order valence-corrected chi connectivity index (χ4v) is 3.70. The number of aromatic nitrogens is 1. The fourth-order valence-electron chi connectivity index (χ4n) is 2.75. The number of thiazole rings is 1. The van der Waals surface area contributed by atoms with Crippen molar-refractivity contribution in [2.24, 2.45) is 0 Å². The molecule has 0 unspecified atom stereocenters. The second-order valence-corrected chi connectivity index (χ2v) is 7.56. The predicted octanol–water partition coefficient (Wildman–Crippen LogP) is -0.237. The number of carbonyl (C=O) groups excluding carboxylic acids is 1. The van der Waals surface area contributed by atoms with Crippen LogP contribution in [0.15, 0.2) is 35.7 Å². The number of benzene rings is 1. The third kappa shape index (κ3) is 6.55. The first-order valence-corrected chi connectivity index (χ1v) is 10.2. The molecule has 7 nitrogen and oxygen atoms in total. The minimum atomic E-state index is -0.174. The standard InChI is InChI=1S/C18H23N5O2S2/c24-16(12-17-20-15(13-27-17)14-4-2-1-3-5-14)21-22-18(26)19-6-7-23-8-10-25-11-9-23/h1-5,13H,6-12H2,(H,21,24)(H2,19,22,26)/p+1. The van der Waals surface area contributed by atoms with Crippen LogP contribution in [0.5, 0.6) is 0 Å². The number of nitrogens with zero attached hydrogens (tertiary/aromatic N) is 1. The van der Waals surface area contributed by atoms with E-state index in [-0.39, 0.29) is 12.3 Å². The highest BCUT2D eigenvalue weighted by Crippen LogP contribution is 2.21. The number of morpholine rings is 1. The van der Waals surface area contributed by atoms with E-state index in [1.807, 2.05) is 35.7 Å². The summed E-state index contributed by atoms with van der Waals surface area (Å²) in [5, 5.41) is 6.25. The lowest BCUT2D eigenvalue weighted by atomic mass is 10.2. The summed E-state index contributed by atoms with van der Waals surface area (Å²) in [6.07, 6.45) is 0.213. The van der Waals surface area contributed by atoms with Crippen molar-refractivity contribution in [3.8, 4) is 11.3 Å². The van der Waals surface area contributed by atoms with E-state index >= 15 is 0 Å². The topological polar surface area (TPSA) is 79.7 Å². The van der Waals surface area contributed by atoms with Crippen molar-refractivity contribution in [3.05, 3.63) is 40.7 Å². The predicted molar refractivity (Wildman–Crippen MR) is 110 cm³/mol. The van der Waals surface area contributed by atoms with Crippen LogP contribution in [0, 0.1) is 0 Å². The van der Waals surface area contributed by atoms with Gasteiger partial charge >= 0.3 is 0 Å². The maximum atomic E-state index is 12.1. The zero-order chi connectivity index (χ0) is 18.9.